The van der Waals surface area contributed by atoms with Gasteiger partial charge in [0.05, 0.1) is 0 Å². The third-order valence-corrected chi connectivity index (χ3v) is 2.60. The van der Waals surface area contributed by atoms with E-state index >= 15 is 0 Å². The summed E-state index contributed by atoms with van der Waals surface area (Å²) < 4.78 is 42.7. The molecule has 0 N–H and O–H groups in total. The molecule has 0 atom stereocenters. The van der Waals surface area contributed by atoms with Crippen molar-refractivity contribution in [3.63, 3.8) is 0 Å². The monoisotopic (exact) mass is 242 g/mol. The van der Waals surface area contributed by atoms with E-state index in [2.05, 4.69) is 4.42 Å². The summed E-state index contributed by atoms with van der Waals surface area (Å²) in [6.07, 6.45) is -4.69. The summed E-state index contributed by atoms with van der Waals surface area (Å²) in [5.41, 5.74) is -1.68. The Kier molecular flexibility index (Phi) is 2.49. The van der Waals surface area contributed by atoms with Crippen molar-refractivity contribution in [1.82, 2.24) is 0 Å². The summed E-state index contributed by atoms with van der Waals surface area (Å²) in [4.78, 5) is 11.3. The number of aryl methyl sites for hydroxylation is 2. The average molecular weight is 242 g/mol. The van der Waals surface area contributed by atoms with Gasteiger partial charge in [-0.05, 0) is 31.5 Å². The summed E-state index contributed by atoms with van der Waals surface area (Å²) in [6, 6.07) is 4.75. The van der Waals surface area contributed by atoms with E-state index in [0.29, 0.717) is 5.39 Å². The zero-order valence-electron chi connectivity index (χ0n) is 9.18. The zero-order chi connectivity index (χ0) is 12.8. The predicted octanol–water partition coefficient (Wildman–Crippen LogP) is 3.43. The van der Waals surface area contributed by atoms with Crippen molar-refractivity contribution < 1.29 is 17.6 Å². The molecule has 0 unspecified atom stereocenters. The van der Waals surface area contributed by atoms with E-state index in [1.165, 1.54) is 13.0 Å². The van der Waals surface area contributed by atoms with E-state index in [0.717, 1.165) is 5.56 Å². The minimum Gasteiger partial charge on any atom is -0.422 e. The summed E-state index contributed by atoms with van der Waals surface area (Å²) in [7, 11) is 0. The van der Waals surface area contributed by atoms with E-state index in [9.17, 15) is 18.0 Å². The average Bonchev–Trinajstić information content (AvgIpc) is 2.17. The van der Waals surface area contributed by atoms with E-state index in [1.807, 2.05) is 0 Å². The Balaban J connectivity index is 2.93. The molecule has 17 heavy (non-hydrogen) atoms. The molecule has 2 aromatic rings. The van der Waals surface area contributed by atoms with Crippen molar-refractivity contribution in [3.05, 3.63) is 45.3 Å². The Morgan fingerprint density at radius 1 is 1.18 bits per heavy atom. The second-order valence-corrected chi connectivity index (χ2v) is 3.89. The van der Waals surface area contributed by atoms with Crippen LogP contribution in [0.2, 0.25) is 0 Å². The van der Waals surface area contributed by atoms with Crippen LogP contribution in [-0.4, -0.2) is 0 Å². The Hall–Kier alpha value is -1.78. The lowest BCUT2D eigenvalue weighted by atomic mass is 10.0. The highest BCUT2D eigenvalue weighted by atomic mass is 19.4. The van der Waals surface area contributed by atoms with Gasteiger partial charge in [0.2, 0.25) is 0 Å². The summed E-state index contributed by atoms with van der Waals surface area (Å²) >= 11 is 0. The van der Waals surface area contributed by atoms with Crippen molar-refractivity contribution in [2.45, 2.75) is 20.0 Å². The smallest absolute Gasteiger partial charge is 0.422 e. The summed E-state index contributed by atoms with van der Waals surface area (Å²) in [5, 5.41) is 0.317. The maximum Gasteiger partial charge on any atom is 0.423 e. The Bertz CT molecular complexity index is 638. The fraction of sp³-hybridized carbons (Fsp3) is 0.250. The number of rotatable bonds is 0. The Morgan fingerprint density at radius 2 is 1.82 bits per heavy atom. The Morgan fingerprint density at radius 3 is 2.41 bits per heavy atom. The Labute approximate surface area is 94.7 Å². The van der Waals surface area contributed by atoms with Gasteiger partial charge in [0, 0.05) is 5.39 Å². The number of halogens is 3. The maximum absolute atomic E-state index is 12.7. The quantitative estimate of drug-likeness (QED) is 0.662. The fourth-order valence-corrected chi connectivity index (χ4v) is 1.79. The van der Waals surface area contributed by atoms with Gasteiger partial charge >= 0.3 is 11.8 Å². The standard InChI is InChI=1S/C12H9F3O2/c1-6-3-4-9-8(5-6)7(2)10(11(16)17-9)12(13,14)15/h3-5H,1-2H3. The molecular formula is C12H9F3O2. The lowest BCUT2D eigenvalue weighted by Gasteiger charge is -2.10. The molecule has 0 aliphatic carbocycles. The molecule has 0 amide bonds. The van der Waals surface area contributed by atoms with E-state index < -0.39 is 17.4 Å². The lowest BCUT2D eigenvalue weighted by Crippen LogP contribution is -2.20. The molecule has 0 aliphatic heterocycles. The number of hydrogen-bond acceptors (Lipinski definition) is 2. The molecule has 1 heterocycles. The van der Waals surface area contributed by atoms with Gasteiger partial charge in [-0.3, -0.25) is 0 Å². The van der Waals surface area contributed by atoms with E-state index in [-0.39, 0.29) is 11.1 Å². The van der Waals surface area contributed by atoms with Crippen LogP contribution in [0.3, 0.4) is 0 Å². The second-order valence-electron chi connectivity index (χ2n) is 3.89. The van der Waals surface area contributed by atoms with Crippen LogP contribution < -0.4 is 5.63 Å². The van der Waals surface area contributed by atoms with E-state index in [1.54, 1.807) is 19.1 Å². The first-order valence-electron chi connectivity index (χ1n) is 4.92. The van der Waals surface area contributed by atoms with Gasteiger partial charge in [0.25, 0.3) is 0 Å². The molecular weight excluding hydrogens is 233 g/mol. The fourth-order valence-electron chi connectivity index (χ4n) is 1.79. The molecule has 0 aliphatic rings. The number of benzene rings is 1. The van der Waals surface area contributed by atoms with Crippen LogP contribution in [0.25, 0.3) is 11.0 Å². The minimum atomic E-state index is -4.69. The predicted molar refractivity (Wildman–Crippen MR) is 57.0 cm³/mol. The van der Waals surface area contributed by atoms with Gasteiger partial charge in [-0.1, -0.05) is 11.6 Å². The highest BCUT2D eigenvalue weighted by molar-refractivity contribution is 5.81. The third-order valence-electron chi connectivity index (χ3n) is 2.60. The molecule has 0 fully saturated rings. The molecule has 0 saturated heterocycles. The molecule has 0 radical (unpaired) electrons. The molecule has 2 nitrogen and oxygen atoms in total. The molecule has 1 aromatic heterocycles. The van der Waals surface area contributed by atoms with Gasteiger partial charge in [0.15, 0.2) is 0 Å². The van der Waals surface area contributed by atoms with Gasteiger partial charge < -0.3 is 4.42 Å². The van der Waals surface area contributed by atoms with Crippen LogP contribution in [0.1, 0.15) is 16.7 Å². The molecule has 0 saturated carbocycles. The highest BCUT2D eigenvalue weighted by Crippen LogP contribution is 2.32. The SMILES string of the molecule is Cc1ccc2oc(=O)c(C(F)(F)F)c(C)c2c1. The van der Waals surface area contributed by atoms with Crippen molar-refractivity contribution in [2.75, 3.05) is 0 Å². The van der Waals surface area contributed by atoms with Crippen molar-refractivity contribution >= 4 is 11.0 Å². The van der Waals surface area contributed by atoms with Gasteiger partial charge in [-0.2, -0.15) is 13.2 Å². The van der Waals surface area contributed by atoms with Crippen LogP contribution in [0.15, 0.2) is 27.4 Å². The van der Waals surface area contributed by atoms with Crippen LogP contribution >= 0.6 is 0 Å². The summed E-state index contributed by atoms with van der Waals surface area (Å²) in [6.45, 7) is 3.04. The minimum absolute atomic E-state index is 0.0903. The van der Waals surface area contributed by atoms with Crippen LogP contribution in [0.5, 0.6) is 0 Å². The first-order valence-corrected chi connectivity index (χ1v) is 4.92. The van der Waals surface area contributed by atoms with Crippen LogP contribution in [0, 0.1) is 13.8 Å². The van der Waals surface area contributed by atoms with Gasteiger partial charge in [0.1, 0.15) is 11.1 Å². The van der Waals surface area contributed by atoms with Crippen LogP contribution in [-0.2, 0) is 6.18 Å². The maximum atomic E-state index is 12.7. The number of alkyl halides is 3. The number of fused-ring (bicyclic) bond motifs is 1. The highest BCUT2D eigenvalue weighted by Gasteiger charge is 2.37. The van der Waals surface area contributed by atoms with Gasteiger partial charge in [-0.15, -0.1) is 0 Å². The topological polar surface area (TPSA) is 30.2 Å². The number of hydrogen-bond donors (Lipinski definition) is 0. The van der Waals surface area contributed by atoms with Crippen molar-refractivity contribution in [2.24, 2.45) is 0 Å². The van der Waals surface area contributed by atoms with Crippen LogP contribution in [0.4, 0.5) is 13.2 Å². The molecule has 2 rings (SSSR count). The van der Waals surface area contributed by atoms with E-state index in [4.69, 9.17) is 0 Å². The molecule has 0 bridgehead atoms. The largest absolute Gasteiger partial charge is 0.423 e. The molecule has 5 heteroatoms. The first kappa shape index (κ1) is 11.7. The van der Waals surface area contributed by atoms with Gasteiger partial charge in [-0.25, -0.2) is 4.79 Å². The first-order chi connectivity index (χ1) is 7.80. The normalized spacial score (nSPS) is 12.1. The molecule has 0 spiro atoms. The molecule has 90 valence electrons. The van der Waals surface area contributed by atoms with Crippen molar-refractivity contribution in [1.29, 1.82) is 0 Å². The van der Waals surface area contributed by atoms with Crippen molar-refractivity contribution in [3.8, 4) is 0 Å². The molecule has 1 aromatic carbocycles. The lowest BCUT2D eigenvalue weighted by molar-refractivity contribution is -0.140. The zero-order valence-corrected chi connectivity index (χ0v) is 9.18. The third kappa shape index (κ3) is 1.92. The second kappa shape index (κ2) is 3.61. The summed E-state index contributed by atoms with van der Waals surface area (Å²) in [5.74, 6) is 0.